The van der Waals surface area contributed by atoms with Crippen LogP contribution in [0.1, 0.15) is 45.1 Å². The van der Waals surface area contributed by atoms with E-state index in [0.29, 0.717) is 17.9 Å². The first kappa shape index (κ1) is 23.7. The summed E-state index contributed by atoms with van der Waals surface area (Å²) in [5.41, 5.74) is 4.21. The van der Waals surface area contributed by atoms with Gasteiger partial charge in [0.2, 0.25) is 5.91 Å². The Morgan fingerprint density at radius 3 is 2.44 bits per heavy atom. The van der Waals surface area contributed by atoms with Crippen LogP contribution in [0.5, 0.6) is 17.2 Å². The molecule has 3 aromatic rings. The number of allylic oxidation sites excluding steroid dienone is 1. The number of nitrogens with zero attached hydrogens (tertiary/aromatic N) is 1. The van der Waals surface area contributed by atoms with Gasteiger partial charge in [-0.1, -0.05) is 12.8 Å². The van der Waals surface area contributed by atoms with Crippen LogP contribution in [0, 0.1) is 0 Å². The molecule has 1 amide bonds. The molecule has 0 radical (unpaired) electrons. The quantitative estimate of drug-likeness (QED) is 0.384. The molecule has 0 bridgehead atoms. The van der Waals surface area contributed by atoms with Crippen molar-refractivity contribution in [2.75, 3.05) is 33.9 Å². The average molecular weight is 464 g/mol. The fourth-order valence-corrected chi connectivity index (χ4v) is 4.52. The molecule has 2 aromatic carbocycles. The predicted molar refractivity (Wildman–Crippen MR) is 135 cm³/mol. The number of methoxy groups -OCH3 is 2. The van der Waals surface area contributed by atoms with Gasteiger partial charge in [0.05, 0.1) is 27.1 Å². The fraction of sp³-hybridized carbons (Fsp3) is 0.393. The lowest BCUT2D eigenvalue weighted by Crippen LogP contribution is -2.30. The highest BCUT2D eigenvalue weighted by molar-refractivity contribution is 6.01. The summed E-state index contributed by atoms with van der Waals surface area (Å²) in [7, 11) is 3.29. The Morgan fingerprint density at radius 2 is 1.76 bits per heavy atom. The fourth-order valence-electron chi connectivity index (χ4n) is 4.52. The minimum atomic E-state index is 0.0591. The summed E-state index contributed by atoms with van der Waals surface area (Å²) in [5, 5.41) is 0.917. The van der Waals surface area contributed by atoms with Gasteiger partial charge in [-0.05, 0) is 56.5 Å². The van der Waals surface area contributed by atoms with Crippen LogP contribution < -0.4 is 14.2 Å². The van der Waals surface area contributed by atoms with Gasteiger partial charge < -0.3 is 23.5 Å². The number of carbonyl (C=O) groups excluding carboxylic acids is 1. The van der Waals surface area contributed by atoms with Crippen molar-refractivity contribution in [2.24, 2.45) is 0 Å². The average Bonchev–Trinajstić information content (AvgIpc) is 3.06. The van der Waals surface area contributed by atoms with Crippen LogP contribution in [0.4, 0.5) is 0 Å². The van der Waals surface area contributed by atoms with Crippen molar-refractivity contribution in [3.63, 3.8) is 0 Å². The van der Waals surface area contributed by atoms with Gasteiger partial charge in [0.1, 0.15) is 22.8 Å². The summed E-state index contributed by atoms with van der Waals surface area (Å²) in [6.45, 7) is 6.07. The molecular weight excluding hydrogens is 430 g/mol. The molecule has 6 heteroatoms. The molecule has 0 unspecified atom stereocenters. The standard InChI is InChI=1S/C28H33NO5/c1-5-33-26-17-27-23(24(18-34-27)22-15-20(31-3)10-11-25(22)32-4)16-21(26)19(2)14-28(30)29-12-8-6-7-9-13-29/h10-11,14-18H,5-9,12-13H2,1-4H3/b19-14+. The molecule has 6 nitrogen and oxygen atoms in total. The van der Waals surface area contributed by atoms with Gasteiger partial charge in [0.15, 0.2) is 0 Å². The Labute approximate surface area is 201 Å². The second-order valence-corrected chi connectivity index (χ2v) is 8.56. The Hall–Kier alpha value is -3.41. The first-order chi connectivity index (χ1) is 16.5. The molecule has 0 N–H and O–H groups in total. The molecule has 34 heavy (non-hydrogen) atoms. The van der Waals surface area contributed by atoms with E-state index in [1.807, 2.05) is 49.1 Å². The maximum absolute atomic E-state index is 13.0. The van der Waals surface area contributed by atoms with Crippen molar-refractivity contribution < 1.29 is 23.4 Å². The number of furan rings is 1. The number of hydrogen-bond donors (Lipinski definition) is 0. The minimum Gasteiger partial charge on any atom is -0.497 e. The van der Waals surface area contributed by atoms with Gasteiger partial charge in [-0.15, -0.1) is 0 Å². The van der Waals surface area contributed by atoms with Gasteiger partial charge in [-0.25, -0.2) is 0 Å². The second kappa shape index (κ2) is 10.7. The van der Waals surface area contributed by atoms with Crippen molar-refractivity contribution >= 4 is 22.4 Å². The van der Waals surface area contributed by atoms with Crippen molar-refractivity contribution in [1.82, 2.24) is 4.90 Å². The number of rotatable bonds is 7. The Kier molecular flexibility index (Phi) is 7.46. The van der Waals surface area contributed by atoms with Crippen LogP contribution in [-0.2, 0) is 4.79 Å². The number of benzene rings is 2. The molecule has 2 heterocycles. The maximum Gasteiger partial charge on any atom is 0.246 e. The van der Waals surface area contributed by atoms with E-state index in [0.717, 1.165) is 65.1 Å². The molecule has 1 aliphatic rings. The van der Waals surface area contributed by atoms with Gasteiger partial charge in [0.25, 0.3) is 0 Å². The Morgan fingerprint density at radius 1 is 1.00 bits per heavy atom. The topological polar surface area (TPSA) is 61.1 Å². The second-order valence-electron chi connectivity index (χ2n) is 8.56. The highest BCUT2D eigenvalue weighted by Crippen LogP contribution is 2.41. The monoisotopic (exact) mass is 463 g/mol. The van der Waals surface area contributed by atoms with Crippen LogP contribution in [-0.4, -0.2) is 44.7 Å². The SMILES string of the molecule is CCOc1cc2occ(-c3cc(OC)ccc3OC)c2cc1/C(C)=C/C(=O)N1CCCCCC1. The molecule has 180 valence electrons. The van der Waals surface area contributed by atoms with E-state index < -0.39 is 0 Å². The number of fused-ring (bicyclic) bond motifs is 1. The van der Waals surface area contributed by atoms with Crippen molar-refractivity contribution in [3.05, 3.63) is 48.2 Å². The Bertz CT molecular complexity index is 1180. The first-order valence-electron chi connectivity index (χ1n) is 11.9. The normalized spacial score (nSPS) is 14.7. The zero-order valence-electron chi connectivity index (χ0n) is 20.5. The van der Waals surface area contributed by atoms with Gasteiger partial charge in [-0.2, -0.15) is 0 Å². The maximum atomic E-state index is 13.0. The van der Waals surface area contributed by atoms with Crippen LogP contribution >= 0.6 is 0 Å². The third kappa shape index (κ3) is 4.91. The van der Waals surface area contributed by atoms with Crippen molar-refractivity contribution in [3.8, 4) is 28.4 Å². The van der Waals surface area contributed by atoms with E-state index >= 15 is 0 Å². The first-order valence-corrected chi connectivity index (χ1v) is 11.9. The molecule has 0 atom stereocenters. The molecule has 1 aliphatic heterocycles. The van der Waals surface area contributed by atoms with E-state index in [2.05, 4.69) is 0 Å². The molecule has 1 aromatic heterocycles. The lowest BCUT2D eigenvalue weighted by Gasteiger charge is -2.19. The third-order valence-corrected chi connectivity index (χ3v) is 6.35. The summed E-state index contributed by atoms with van der Waals surface area (Å²) < 4.78 is 22.9. The van der Waals surface area contributed by atoms with E-state index in [9.17, 15) is 4.79 Å². The van der Waals surface area contributed by atoms with Crippen molar-refractivity contribution in [2.45, 2.75) is 39.5 Å². The summed E-state index contributed by atoms with van der Waals surface area (Å²) in [5.74, 6) is 2.22. The van der Waals surface area contributed by atoms with Gasteiger partial charge >= 0.3 is 0 Å². The number of amides is 1. The van der Waals surface area contributed by atoms with E-state index in [1.165, 1.54) is 12.8 Å². The summed E-state index contributed by atoms with van der Waals surface area (Å²) in [6, 6.07) is 9.63. The Balaban J connectivity index is 1.79. The van der Waals surface area contributed by atoms with Gasteiger partial charge in [-0.3, -0.25) is 4.79 Å². The van der Waals surface area contributed by atoms with Crippen LogP contribution in [0.15, 0.2) is 47.1 Å². The summed E-state index contributed by atoms with van der Waals surface area (Å²) in [6.07, 6.45) is 7.97. The molecule has 4 rings (SSSR count). The number of hydrogen-bond acceptors (Lipinski definition) is 5. The largest absolute Gasteiger partial charge is 0.497 e. The third-order valence-electron chi connectivity index (χ3n) is 6.35. The number of likely N-dealkylation sites (tertiary alicyclic amines) is 1. The van der Waals surface area contributed by atoms with E-state index in [-0.39, 0.29) is 5.91 Å². The minimum absolute atomic E-state index is 0.0591. The molecule has 0 spiro atoms. The smallest absolute Gasteiger partial charge is 0.246 e. The van der Waals surface area contributed by atoms with E-state index in [4.69, 9.17) is 18.6 Å². The van der Waals surface area contributed by atoms with Crippen LogP contribution in [0.3, 0.4) is 0 Å². The van der Waals surface area contributed by atoms with Crippen LogP contribution in [0.25, 0.3) is 27.7 Å². The molecule has 0 saturated carbocycles. The predicted octanol–water partition coefficient (Wildman–Crippen LogP) is 6.32. The number of ether oxygens (including phenoxy) is 3. The number of carbonyl (C=O) groups is 1. The molecule has 1 fully saturated rings. The summed E-state index contributed by atoms with van der Waals surface area (Å²) >= 11 is 0. The molecule has 0 aliphatic carbocycles. The molecular formula is C28H33NO5. The van der Waals surface area contributed by atoms with Crippen molar-refractivity contribution in [1.29, 1.82) is 0 Å². The van der Waals surface area contributed by atoms with Crippen LogP contribution in [0.2, 0.25) is 0 Å². The zero-order chi connectivity index (χ0) is 24.1. The highest BCUT2D eigenvalue weighted by Gasteiger charge is 2.19. The summed E-state index contributed by atoms with van der Waals surface area (Å²) in [4.78, 5) is 15.0. The lowest BCUT2D eigenvalue weighted by molar-refractivity contribution is -0.125. The van der Waals surface area contributed by atoms with Gasteiger partial charge in [0, 0.05) is 47.3 Å². The molecule has 1 saturated heterocycles. The lowest BCUT2D eigenvalue weighted by atomic mass is 9.98. The van der Waals surface area contributed by atoms with E-state index in [1.54, 1.807) is 26.6 Å². The highest BCUT2D eigenvalue weighted by atomic mass is 16.5. The zero-order valence-corrected chi connectivity index (χ0v) is 20.5.